The molecular formula is C15H17BrO3S. The highest BCUT2D eigenvalue weighted by Crippen LogP contribution is 2.37. The number of esters is 1. The molecule has 0 N–H and O–H groups in total. The van der Waals surface area contributed by atoms with E-state index in [-0.39, 0.29) is 5.97 Å². The Hall–Kier alpha value is -0.780. The lowest BCUT2D eigenvalue weighted by molar-refractivity contribution is -0.158. The molecule has 1 aromatic carbocycles. The van der Waals surface area contributed by atoms with Crippen molar-refractivity contribution in [3.63, 3.8) is 0 Å². The van der Waals surface area contributed by atoms with Gasteiger partial charge in [-0.3, -0.25) is 0 Å². The summed E-state index contributed by atoms with van der Waals surface area (Å²) in [6, 6.07) is 10.1. The summed E-state index contributed by atoms with van der Waals surface area (Å²) in [5.74, 6) is 0.442. The SMILES string of the molecule is CCCCOC1OC(=O)C(Br)=C1SCc1ccccc1. The topological polar surface area (TPSA) is 35.5 Å². The molecule has 2 rings (SSSR count). The van der Waals surface area contributed by atoms with Crippen LogP contribution in [0, 0.1) is 0 Å². The van der Waals surface area contributed by atoms with Gasteiger partial charge in [-0.1, -0.05) is 43.7 Å². The summed E-state index contributed by atoms with van der Waals surface area (Å²) in [5.41, 5.74) is 1.21. The van der Waals surface area contributed by atoms with Crippen LogP contribution in [0.2, 0.25) is 0 Å². The summed E-state index contributed by atoms with van der Waals surface area (Å²) in [5, 5.41) is 0. The zero-order valence-electron chi connectivity index (χ0n) is 11.3. The van der Waals surface area contributed by atoms with Crippen molar-refractivity contribution in [2.45, 2.75) is 31.8 Å². The molecule has 1 aliphatic rings. The Morgan fingerprint density at radius 2 is 2.10 bits per heavy atom. The molecule has 5 heteroatoms. The molecule has 0 aromatic heterocycles. The zero-order valence-corrected chi connectivity index (χ0v) is 13.7. The van der Waals surface area contributed by atoms with E-state index in [1.54, 1.807) is 11.8 Å². The molecule has 1 aromatic rings. The molecule has 0 saturated carbocycles. The lowest BCUT2D eigenvalue weighted by atomic mass is 10.2. The van der Waals surface area contributed by atoms with Crippen LogP contribution in [0.3, 0.4) is 0 Å². The van der Waals surface area contributed by atoms with Crippen LogP contribution in [0.15, 0.2) is 39.7 Å². The number of thioether (sulfide) groups is 1. The molecule has 0 radical (unpaired) electrons. The Morgan fingerprint density at radius 1 is 1.35 bits per heavy atom. The Bertz CT molecular complexity index is 487. The maximum Gasteiger partial charge on any atom is 0.348 e. The van der Waals surface area contributed by atoms with Crippen LogP contribution in [0.5, 0.6) is 0 Å². The number of ether oxygens (including phenoxy) is 2. The minimum absolute atomic E-state index is 0.345. The van der Waals surface area contributed by atoms with Gasteiger partial charge in [0.15, 0.2) is 0 Å². The number of hydrogen-bond acceptors (Lipinski definition) is 4. The van der Waals surface area contributed by atoms with E-state index in [1.807, 2.05) is 18.2 Å². The number of unbranched alkanes of at least 4 members (excludes halogenated alkanes) is 1. The van der Waals surface area contributed by atoms with Crippen molar-refractivity contribution in [1.29, 1.82) is 0 Å². The second kappa shape index (κ2) is 7.86. The maximum atomic E-state index is 11.6. The van der Waals surface area contributed by atoms with Gasteiger partial charge in [-0.25, -0.2) is 4.79 Å². The summed E-state index contributed by atoms with van der Waals surface area (Å²) in [6.45, 7) is 2.70. The normalized spacial score (nSPS) is 18.5. The van der Waals surface area contributed by atoms with Crippen molar-refractivity contribution in [2.24, 2.45) is 0 Å². The van der Waals surface area contributed by atoms with E-state index < -0.39 is 6.29 Å². The first-order valence-electron chi connectivity index (χ1n) is 6.61. The molecular weight excluding hydrogens is 340 g/mol. The van der Waals surface area contributed by atoms with Crippen LogP contribution in [0.4, 0.5) is 0 Å². The zero-order chi connectivity index (χ0) is 14.4. The van der Waals surface area contributed by atoms with Gasteiger partial charge in [-0.2, -0.15) is 0 Å². The number of rotatable bonds is 7. The van der Waals surface area contributed by atoms with E-state index in [2.05, 4.69) is 35.0 Å². The number of benzene rings is 1. The molecule has 0 saturated heterocycles. The molecule has 20 heavy (non-hydrogen) atoms. The molecule has 1 aliphatic heterocycles. The van der Waals surface area contributed by atoms with Gasteiger partial charge in [0.25, 0.3) is 0 Å². The Labute approximate surface area is 131 Å². The van der Waals surface area contributed by atoms with Gasteiger partial charge < -0.3 is 9.47 Å². The summed E-state index contributed by atoms with van der Waals surface area (Å²) >= 11 is 4.87. The van der Waals surface area contributed by atoms with Crippen LogP contribution in [0.1, 0.15) is 25.3 Å². The first kappa shape index (κ1) is 15.6. The standard InChI is InChI=1S/C15H17BrO3S/c1-2-3-9-18-15-13(12(16)14(17)19-15)20-10-11-7-5-4-6-8-11/h4-8,15H,2-3,9-10H2,1H3. The fourth-order valence-corrected chi connectivity index (χ4v) is 3.32. The first-order chi connectivity index (χ1) is 9.72. The van der Waals surface area contributed by atoms with E-state index in [9.17, 15) is 4.79 Å². The molecule has 0 fully saturated rings. The minimum atomic E-state index is -0.558. The van der Waals surface area contributed by atoms with E-state index in [4.69, 9.17) is 9.47 Å². The monoisotopic (exact) mass is 356 g/mol. The summed E-state index contributed by atoms with van der Waals surface area (Å²) in [4.78, 5) is 12.4. The predicted molar refractivity (Wildman–Crippen MR) is 84.4 cm³/mol. The highest BCUT2D eigenvalue weighted by Gasteiger charge is 2.33. The maximum absolute atomic E-state index is 11.6. The average Bonchev–Trinajstić information content (AvgIpc) is 2.73. The lowest BCUT2D eigenvalue weighted by Crippen LogP contribution is -2.16. The minimum Gasteiger partial charge on any atom is -0.427 e. The Morgan fingerprint density at radius 3 is 2.80 bits per heavy atom. The third-order valence-electron chi connectivity index (χ3n) is 2.83. The number of hydrogen-bond donors (Lipinski definition) is 0. The Balaban J connectivity index is 1.96. The van der Waals surface area contributed by atoms with Crippen LogP contribution in [0.25, 0.3) is 0 Å². The van der Waals surface area contributed by atoms with Gasteiger partial charge in [0.1, 0.15) is 4.48 Å². The van der Waals surface area contributed by atoms with Crippen molar-refractivity contribution in [3.8, 4) is 0 Å². The van der Waals surface area contributed by atoms with Gasteiger partial charge in [0.2, 0.25) is 6.29 Å². The van der Waals surface area contributed by atoms with Gasteiger partial charge in [0.05, 0.1) is 11.5 Å². The van der Waals surface area contributed by atoms with E-state index in [1.165, 1.54) is 5.56 Å². The molecule has 1 unspecified atom stereocenters. The molecule has 1 heterocycles. The molecule has 108 valence electrons. The van der Waals surface area contributed by atoms with Gasteiger partial charge in [0, 0.05) is 5.75 Å². The van der Waals surface area contributed by atoms with Crippen molar-refractivity contribution in [2.75, 3.05) is 6.61 Å². The van der Waals surface area contributed by atoms with Crippen LogP contribution in [-0.4, -0.2) is 18.9 Å². The van der Waals surface area contributed by atoms with Crippen LogP contribution < -0.4 is 0 Å². The highest BCUT2D eigenvalue weighted by molar-refractivity contribution is 9.12. The lowest BCUT2D eigenvalue weighted by Gasteiger charge is -2.14. The van der Waals surface area contributed by atoms with Gasteiger partial charge in [-0.15, -0.1) is 11.8 Å². The smallest absolute Gasteiger partial charge is 0.348 e. The van der Waals surface area contributed by atoms with E-state index in [0.717, 1.165) is 23.5 Å². The van der Waals surface area contributed by atoms with Crippen LogP contribution >= 0.6 is 27.7 Å². The number of carbonyl (C=O) groups excluding carboxylic acids is 1. The van der Waals surface area contributed by atoms with Gasteiger partial charge in [-0.05, 0) is 27.9 Å². The van der Waals surface area contributed by atoms with E-state index >= 15 is 0 Å². The predicted octanol–water partition coefficient (Wildman–Crippen LogP) is 4.23. The summed E-state index contributed by atoms with van der Waals surface area (Å²) in [7, 11) is 0. The third kappa shape index (κ3) is 4.11. The largest absolute Gasteiger partial charge is 0.427 e. The van der Waals surface area contributed by atoms with Crippen LogP contribution in [-0.2, 0) is 20.0 Å². The molecule has 0 bridgehead atoms. The molecule has 1 atom stereocenters. The van der Waals surface area contributed by atoms with E-state index in [0.29, 0.717) is 11.1 Å². The number of halogens is 1. The first-order valence-corrected chi connectivity index (χ1v) is 8.39. The average molecular weight is 357 g/mol. The Kier molecular flexibility index (Phi) is 6.13. The van der Waals surface area contributed by atoms with Crippen molar-refractivity contribution >= 4 is 33.7 Å². The van der Waals surface area contributed by atoms with Crippen molar-refractivity contribution in [1.82, 2.24) is 0 Å². The summed E-state index contributed by atoms with van der Waals surface area (Å²) in [6.07, 6.45) is 1.46. The third-order valence-corrected chi connectivity index (χ3v) is 5.03. The molecule has 0 aliphatic carbocycles. The molecule has 0 spiro atoms. The van der Waals surface area contributed by atoms with Gasteiger partial charge >= 0.3 is 5.97 Å². The highest BCUT2D eigenvalue weighted by atomic mass is 79.9. The number of cyclic esters (lactones) is 1. The molecule has 0 amide bonds. The summed E-state index contributed by atoms with van der Waals surface area (Å²) < 4.78 is 11.3. The fourth-order valence-electron chi connectivity index (χ4n) is 1.72. The van der Waals surface area contributed by atoms with Crippen molar-refractivity contribution in [3.05, 3.63) is 45.3 Å². The molecule has 3 nitrogen and oxygen atoms in total. The van der Waals surface area contributed by atoms with Crippen molar-refractivity contribution < 1.29 is 14.3 Å². The fraction of sp³-hybridized carbons (Fsp3) is 0.400. The number of carbonyl (C=O) groups is 1. The quantitative estimate of drug-likeness (QED) is 0.541. The second-order valence-corrected chi connectivity index (χ2v) is 6.22. The second-order valence-electron chi connectivity index (χ2n) is 4.41.